The molecule has 1 amide bonds. The van der Waals surface area contributed by atoms with Crippen LogP contribution in [0.4, 0.5) is 29.8 Å². The smallest absolute Gasteiger partial charge is 0.287 e. The quantitative estimate of drug-likeness (QED) is 0.511. The average Bonchev–Trinajstić information content (AvgIpc) is 3.28. The highest BCUT2D eigenvalue weighted by Crippen LogP contribution is 2.27. The lowest BCUT2D eigenvalue weighted by Gasteiger charge is -2.33. The van der Waals surface area contributed by atoms with Gasteiger partial charge in [0.2, 0.25) is 12.2 Å². The molecule has 11 heteroatoms. The fraction of sp³-hybridized carbons (Fsp3) is 0.333. The predicted molar refractivity (Wildman–Crippen MR) is 117 cm³/mol. The Morgan fingerprint density at radius 2 is 2.03 bits per heavy atom. The van der Waals surface area contributed by atoms with Crippen molar-refractivity contribution in [2.24, 2.45) is 5.92 Å². The number of hydrogen-bond acceptors (Lipinski definition) is 7. The average molecular weight is 463 g/mol. The molecule has 1 aliphatic heterocycles. The third kappa shape index (κ3) is 5.34. The number of piperidine rings is 1. The van der Waals surface area contributed by atoms with Crippen molar-refractivity contribution in [3.8, 4) is 11.4 Å². The predicted octanol–water partition coefficient (Wildman–Crippen LogP) is 4.24. The molecule has 0 saturated carbocycles. The van der Waals surface area contributed by atoms with Crippen LogP contribution in [0.15, 0.2) is 48.1 Å². The summed E-state index contributed by atoms with van der Waals surface area (Å²) in [5, 5.41) is 7.50. The van der Waals surface area contributed by atoms with E-state index in [2.05, 4.69) is 20.3 Å². The Kier molecular flexibility index (Phi) is 6.84. The Morgan fingerprint density at radius 3 is 2.75 bits per heavy atom. The van der Waals surface area contributed by atoms with Gasteiger partial charge < -0.3 is 15.5 Å². The summed E-state index contributed by atoms with van der Waals surface area (Å²) in [6, 6.07) is 9.30. The second-order valence-corrected chi connectivity index (χ2v) is 8.17. The van der Waals surface area contributed by atoms with E-state index >= 15 is 0 Å². The summed E-state index contributed by atoms with van der Waals surface area (Å²) >= 11 is 1.44. The molecule has 1 fully saturated rings. The maximum atomic E-state index is 13.2. The van der Waals surface area contributed by atoms with Crippen molar-refractivity contribution in [2.75, 3.05) is 23.3 Å². The monoisotopic (exact) mass is 462 g/mol. The Morgan fingerprint density at radius 1 is 1.16 bits per heavy atom. The largest absolute Gasteiger partial charge is 0.369 e. The normalized spacial score (nSPS) is 17.2. The van der Waals surface area contributed by atoms with Gasteiger partial charge in [0, 0.05) is 24.7 Å². The topological polar surface area (TPSA) is 83.0 Å². The molecule has 2 N–H and O–H groups in total. The van der Waals surface area contributed by atoms with E-state index in [0.717, 1.165) is 17.1 Å². The first-order valence-corrected chi connectivity index (χ1v) is 10.9. The van der Waals surface area contributed by atoms with Gasteiger partial charge in [0.15, 0.2) is 5.13 Å². The van der Waals surface area contributed by atoms with Crippen molar-refractivity contribution >= 4 is 33.9 Å². The Bertz CT molecular complexity index is 1030. The summed E-state index contributed by atoms with van der Waals surface area (Å²) in [4.78, 5) is 27.3. The summed E-state index contributed by atoms with van der Waals surface area (Å²) in [6.45, 7) is 1.02. The van der Waals surface area contributed by atoms with E-state index in [1.807, 2.05) is 34.5 Å². The number of amides is 1. The minimum atomic E-state index is -3.24. The number of alkyl halides is 3. The standard InChI is InChI=1S/C21H21F3N6OS/c22-18(23)19(24)29-20(31)13-4-3-9-30(11-13)14-6-7-17(26-10-14)28-21-27-16(12-32-21)15-5-1-2-8-25-15/h1-2,5-8,10,12-13,18-19H,3-4,9,11H2,(H,29,31)(H,26,27,28). The van der Waals surface area contributed by atoms with Gasteiger partial charge in [-0.2, -0.15) is 0 Å². The maximum absolute atomic E-state index is 13.2. The van der Waals surface area contributed by atoms with Crippen molar-refractivity contribution in [1.29, 1.82) is 0 Å². The first-order valence-electron chi connectivity index (χ1n) is 10.1. The second-order valence-electron chi connectivity index (χ2n) is 7.31. The van der Waals surface area contributed by atoms with E-state index in [4.69, 9.17) is 0 Å². The molecular weight excluding hydrogens is 441 g/mol. The Labute approximate surface area is 186 Å². The van der Waals surface area contributed by atoms with E-state index in [9.17, 15) is 18.0 Å². The van der Waals surface area contributed by atoms with Gasteiger partial charge in [0.1, 0.15) is 11.5 Å². The number of rotatable bonds is 7. The number of hydrogen-bond donors (Lipinski definition) is 2. The molecule has 2 unspecified atom stereocenters. The summed E-state index contributed by atoms with van der Waals surface area (Å²) in [5.74, 6) is -0.640. The lowest BCUT2D eigenvalue weighted by molar-refractivity contribution is -0.129. The molecule has 0 aliphatic carbocycles. The lowest BCUT2D eigenvalue weighted by Crippen LogP contribution is -2.46. The number of nitrogens with zero attached hydrogens (tertiary/aromatic N) is 4. The van der Waals surface area contributed by atoms with Gasteiger partial charge in [-0.25, -0.2) is 23.1 Å². The molecule has 168 valence electrons. The third-order valence-electron chi connectivity index (χ3n) is 5.07. The molecule has 32 heavy (non-hydrogen) atoms. The van der Waals surface area contributed by atoms with Crippen LogP contribution in [-0.2, 0) is 4.79 Å². The molecule has 0 bridgehead atoms. The zero-order chi connectivity index (χ0) is 22.5. The first-order chi connectivity index (χ1) is 15.5. The molecule has 0 radical (unpaired) electrons. The van der Waals surface area contributed by atoms with Crippen molar-refractivity contribution in [1.82, 2.24) is 20.3 Å². The SMILES string of the molecule is O=C(NC(F)C(F)F)C1CCCN(c2ccc(Nc3nc(-c4ccccn4)cs3)nc2)C1. The minimum absolute atomic E-state index is 0.316. The molecule has 4 heterocycles. The number of carbonyl (C=O) groups excluding carboxylic acids is 1. The molecule has 7 nitrogen and oxygen atoms in total. The van der Waals surface area contributed by atoms with Crippen LogP contribution >= 0.6 is 11.3 Å². The Hall–Kier alpha value is -3.21. The van der Waals surface area contributed by atoms with Crippen LogP contribution in [0.3, 0.4) is 0 Å². The zero-order valence-corrected chi connectivity index (χ0v) is 17.7. The second kappa shape index (κ2) is 9.94. The van der Waals surface area contributed by atoms with Crippen molar-refractivity contribution in [2.45, 2.75) is 25.6 Å². The van der Waals surface area contributed by atoms with Gasteiger partial charge in [-0.15, -0.1) is 11.3 Å². The highest BCUT2D eigenvalue weighted by atomic mass is 32.1. The highest BCUT2D eigenvalue weighted by Gasteiger charge is 2.30. The summed E-state index contributed by atoms with van der Waals surface area (Å²) in [6.07, 6.45) is -1.28. The van der Waals surface area contributed by atoms with E-state index in [1.165, 1.54) is 11.3 Å². The third-order valence-corrected chi connectivity index (χ3v) is 5.83. The van der Waals surface area contributed by atoms with E-state index in [0.29, 0.717) is 36.9 Å². The van der Waals surface area contributed by atoms with Gasteiger partial charge in [-0.3, -0.25) is 9.78 Å². The molecule has 0 spiro atoms. The summed E-state index contributed by atoms with van der Waals surface area (Å²) < 4.78 is 37.9. The summed E-state index contributed by atoms with van der Waals surface area (Å²) in [7, 11) is 0. The van der Waals surface area contributed by atoms with Gasteiger partial charge in [0.25, 0.3) is 6.43 Å². The number of pyridine rings is 2. The van der Waals surface area contributed by atoms with Crippen LogP contribution in [0, 0.1) is 5.92 Å². The zero-order valence-electron chi connectivity index (χ0n) is 16.9. The number of nitrogens with one attached hydrogen (secondary N) is 2. The minimum Gasteiger partial charge on any atom is -0.369 e. The maximum Gasteiger partial charge on any atom is 0.287 e. The molecule has 2 atom stereocenters. The number of carbonyl (C=O) groups is 1. The first kappa shape index (κ1) is 22.0. The highest BCUT2D eigenvalue weighted by molar-refractivity contribution is 7.14. The van der Waals surface area contributed by atoms with Crippen molar-refractivity contribution in [3.05, 3.63) is 48.1 Å². The van der Waals surface area contributed by atoms with Crippen LogP contribution < -0.4 is 15.5 Å². The van der Waals surface area contributed by atoms with Gasteiger partial charge in [0.05, 0.1) is 23.5 Å². The number of aromatic nitrogens is 3. The van der Waals surface area contributed by atoms with Gasteiger partial charge >= 0.3 is 0 Å². The van der Waals surface area contributed by atoms with Crippen molar-refractivity contribution < 1.29 is 18.0 Å². The van der Waals surface area contributed by atoms with Crippen molar-refractivity contribution in [3.63, 3.8) is 0 Å². The van der Waals surface area contributed by atoms with E-state index in [-0.39, 0.29) is 0 Å². The number of anilines is 3. The van der Waals surface area contributed by atoms with Crippen LogP contribution in [-0.4, -0.2) is 46.7 Å². The number of thiazole rings is 1. The van der Waals surface area contributed by atoms with E-state index < -0.39 is 24.5 Å². The van der Waals surface area contributed by atoms with E-state index in [1.54, 1.807) is 23.8 Å². The molecular formula is C21H21F3N6OS. The molecule has 1 aliphatic rings. The Balaban J connectivity index is 1.36. The lowest BCUT2D eigenvalue weighted by atomic mass is 9.96. The van der Waals surface area contributed by atoms with Crippen LogP contribution in [0.2, 0.25) is 0 Å². The van der Waals surface area contributed by atoms with Crippen LogP contribution in [0.25, 0.3) is 11.4 Å². The van der Waals surface area contributed by atoms with Gasteiger partial charge in [-0.05, 0) is 37.1 Å². The molecule has 3 aromatic rings. The fourth-order valence-electron chi connectivity index (χ4n) is 3.46. The number of halogens is 3. The molecule has 0 aromatic carbocycles. The summed E-state index contributed by atoms with van der Waals surface area (Å²) in [5.41, 5.74) is 2.36. The van der Waals surface area contributed by atoms with Crippen LogP contribution in [0.5, 0.6) is 0 Å². The fourth-order valence-corrected chi connectivity index (χ4v) is 4.17. The van der Waals surface area contributed by atoms with Crippen LogP contribution in [0.1, 0.15) is 12.8 Å². The van der Waals surface area contributed by atoms with Gasteiger partial charge in [-0.1, -0.05) is 6.07 Å². The molecule has 3 aromatic heterocycles. The molecule has 4 rings (SSSR count). The molecule has 1 saturated heterocycles.